The predicted molar refractivity (Wildman–Crippen MR) is 119 cm³/mol. The Bertz CT molecular complexity index is 1100. The summed E-state index contributed by atoms with van der Waals surface area (Å²) in [6.45, 7) is 6.05. The number of halogens is 3. The Labute approximate surface area is 190 Å². The average molecular weight is 462 g/mol. The first-order valence-corrected chi connectivity index (χ1v) is 11.2. The van der Waals surface area contributed by atoms with Crippen LogP contribution < -0.4 is 4.74 Å². The van der Waals surface area contributed by atoms with E-state index in [0.29, 0.717) is 48.6 Å². The molecule has 0 aliphatic carbocycles. The molecule has 3 aromatic rings. The number of quaternary nitrogens is 1. The van der Waals surface area contributed by atoms with Crippen molar-refractivity contribution in [1.82, 2.24) is 14.9 Å². The number of carbonyl (C=O) groups is 1. The Balaban J connectivity index is 1.47. The second kappa shape index (κ2) is 9.43. The summed E-state index contributed by atoms with van der Waals surface area (Å²) in [5, 5.41) is 1.97. The number of unbranched alkanes of at least 4 members (excludes halogenated alkanes) is 1. The van der Waals surface area contributed by atoms with E-state index in [4.69, 9.17) is 0 Å². The van der Waals surface area contributed by atoms with Crippen molar-refractivity contribution in [2.75, 3.05) is 32.7 Å². The van der Waals surface area contributed by atoms with Gasteiger partial charge in [-0.1, -0.05) is 49.7 Å². The van der Waals surface area contributed by atoms with Crippen LogP contribution in [0.2, 0.25) is 0 Å². The van der Waals surface area contributed by atoms with Crippen molar-refractivity contribution in [3.63, 3.8) is 0 Å². The first-order chi connectivity index (χ1) is 15.8. The number of piperazine rings is 1. The zero-order chi connectivity index (χ0) is 23.5. The molecule has 0 atom stereocenters. The fourth-order valence-corrected chi connectivity index (χ4v) is 4.55. The van der Waals surface area contributed by atoms with E-state index in [1.54, 1.807) is 0 Å². The molecule has 0 bridgehead atoms. The Morgan fingerprint density at radius 3 is 2.61 bits per heavy atom. The van der Waals surface area contributed by atoms with Gasteiger partial charge in [0.05, 0.1) is 38.9 Å². The Kier molecular flexibility index (Phi) is 6.60. The normalized spacial score (nSPS) is 16.2. The topological polar surface area (TPSA) is 58.2 Å². The number of rotatable bonds is 7. The highest BCUT2D eigenvalue weighted by molar-refractivity contribution is 6.07. The van der Waals surface area contributed by atoms with Crippen molar-refractivity contribution in [3.8, 4) is 5.88 Å². The Hall–Kier alpha value is -3.07. The van der Waals surface area contributed by atoms with Gasteiger partial charge in [-0.05, 0) is 23.3 Å². The molecule has 1 aromatic heterocycles. The number of ether oxygens (including phenoxy) is 1. The summed E-state index contributed by atoms with van der Waals surface area (Å²) < 4.78 is 42.1. The summed E-state index contributed by atoms with van der Waals surface area (Å²) >= 11 is 0. The number of hydrogen-bond donors (Lipinski definition) is 1. The van der Waals surface area contributed by atoms with Gasteiger partial charge in [-0.25, -0.2) is 4.98 Å². The number of hydrogen-bond acceptors (Lipinski definition) is 3. The van der Waals surface area contributed by atoms with Crippen LogP contribution in [-0.4, -0.2) is 64.3 Å². The predicted octanol–water partition coefficient (Wildman–Crippen LogP) is 4.73. The molecule has 1 saturated heterocycles. The molecule has 176 valence electrons. The molecule has 6 nitrogen and oxygen atoms in total. The van der Waals surface area contributed by atoms with Gasteiger partial charge in [-0.3, -0.25) is 4.79 Å². The van der Waals surface area contributed by atoms with Crippen LogP contribution in [-0.2, 0) is 6.54 Å². The van der Waals surface area contributed by atoms with Gasteiger partial charge in [0, 0.05) is 5.56 Å². The lowest BCUT2D eigenvalue weighted by Gasteiger charge is -2.44. The van der Waals surface area contributed by atoms with E-state index in [1.165, 1.54) is 0 Å². The van der Waals surface area contributed by atoms with Crippen molar-refractivity contribution in [2.45, 2.75) is 32.7 Å². The van der Waals surface area contributed by atoms with Crippen LogP contribution >= 0.6 is 0 Å². The van der Waals surface area contributed by atoms with E-state index in [1.807, 2.05) is 47.4 Å². The molecule has 4 rings (SSSR count). The van der Waals surface area contributed by atoms with Gasteiger partial charge >= 0.3 is 6.36 Å². The highest BCUT2D eigenvalue weighted by Gasteiger charge is 2.36. The van der Waals surface area contributed by atoms with Crippen LogP contribution in [0.15, 0.2) is 48.7 Å². The largest absolute Gasteiger partial charge is 0.574 e. The molecule has 33 heavy (non-hydrogen) atoms. The van der Waals surface area contributed by atoms with Gasteiger partial charge in [-0.2, -0.15) is 0 Å². The molecule has 1 aliphatic rings. The number of benzene rings is 2. The standard InChI is InChI=1S/C24H28F3N4O2/c1-2-3-13-31(17-21-28-16-22(29-21)33-24(25,26)27)14-11-30(12-15-31)23(32)20-10-6-8-18-7-4-5-9-19(18)20/h4-10,16H,2-3,11-15,17H2,1H3,(H,28,29)/q+1. The van der Waals surface area contributed by atoms with E-state index >= 15 is 0 Å². The maximum absolute atomic E-state index is 13.3. The number of nitrogens with zero attached hydrogens (tertiary/aromatic N) is 3. The molecular weight excluding hydrogens is 433 g/mol. The molecule has 0 unspecified atom stereocenters. The Morgan fingerprint density at radius 2 is 1.88 bits per heavy atom. The summed E-state index contributed by atoms with van der Waals surface area (Å²) in [5.74, 6) is 0.0639. The van der Waals surface area contributed by atoms with E-state index in [-0.39, 0.29) is 5.91 Å². The van der Waals surface area contributed by atoms with E-state index in [9.17, 15) is 18.0 Å². The number of alkyl halides is 3. The highest BCUT2D eigenvalue weighted by Crippen LogP contribution is 2.25. The first-order valence-electron chi connectivity index (χ1n) is 11.2. The fourth-order valence-electron chi connectivity index (χ4n) is 4.55. The van der Waals surface area contributed by atoms with Crippen LogP contribution in [0.1, 0.15) is 35.9 Å². The van der Waals surface area contributed by atoms with E-state index < -0.39 is 12.2 Å². The zero-order valence-electron chi connectivity index (χ0n) is 18.6. The summed E-state index contributed by atoms with van der Waals surface area (Å²) in [4.78, 5) is 21.9. The highest BCUT2D eigenvalue weighted by atomic mass is 19.4. The number of amides is 1. The fraction of sp³-hybridized carbons (Fsp3) is 0.417. The van der Waals surface area contributed by atoms with Crippen molar-refractivity contribution < 1.29 is 27.2 Å². The summed E-state index contributed by atoms with van der Waals surface area (Å²) in [6, 6.07) is 13.6. The number of fused-ring (bicyclic) bond motifs is 1. The second-order valence-electron chi connectivity index (χ2n) is 8.58. The Morgan fingerprint density at radius 1 is 1.15 bits per heavy atom. The molecule has 1 fully saturated rings. The number of nitrogens with one attached hydrogen (secondary N) is 1. The third kappa shape index (κ3) is 5.47. The number of imidazole rings is 1. The number of carbonyl (C=O) groups excluding carboxylic acids is 1. The molecule has 0 spiro atoms. The molecule has 0 radical (unpaired) electrons. The van der Waals surface area contributed by atoms with Gasteiger partial charge in [0.2, 0.25) is 5.88 Å². The van der Waals surface area contributed by atoms with E-state index in [0.717, 1.165) is 36.4 Å². The third-order valence-corrected chi connectivity index (χ3v) is 6.30. The van der Waals surface area contributed by atoms with Gasteiger partial charge in [0.15, 0.2) is 5.82 Å². The zero-order valence-corrected chi connectivity index (χ0v) is 18.6. The van der Waals surface area contributed by atoms with Gasteiger partial charge in [-0.15, -0.1) is 13.2 Å². The smallest absolute Gasteiger partial charge is 0.388 e. The van der Waals surface area contributed by atoms with Crippen molar-refractivity contribution in [1.29, 1.82) is 0 Å². The number of H-pyrrole nitrogens is 1. The quantitative estimate of drug-likeness (QED) is 0.518. The second-order valence-corrected chi connectivity index (χ2v) is 8.58. The average Bonchev–Trinajstić information content (AvgIpc) is 3.22. The van der Waals surface area contributed by atoms with Crippen molar-refractivity contribution in [2.24, 2.45) is 0 Å². The number of aromatic amines is 1. The lowest BCUT2D eigenvalue weighted by atomic mass is 10.0. The minimum atomic E-state index is -4.76. The van der Waals surface area contributed by atoms with Crippen LogP contribution in [0, 0.1) is 0 Å². The molecule has 1 N–H and O–H groups in total. The molecule has 1 amide bonds. The third-order valence-electron chi connectivity index (χ3n) is 6.30. The maximum Gasteiger partial charge on any atom is 0.574 e. The maximum atomic E-state index is 13.3. The molecule has 0 saturated carbocycles. The summed E-state index contributed by atoms with van der Waals surface area (Å²) in [5.41, 5.74) is 0.696. The molecule has 2 aromatic carbocycles. The number of aromatic nitrogens is 2. The van der Waals surface area contributed by atoms with Crippen LogP contribution in [0.5, 0.6) is 5.88 Å². The summed E-state index contributed by atoms with van der Waals surface area (Å²) in [6.07, 6.45) is -1.69. The van der Waals surface area contributed by atoms with Gasteiger partial charge in [0.1, 0.15) is 6.54 Å². The van der Waals surface area contributed by atoms with Crippen LogP contribution in [0.3, 0.4) is 0 Å². The van der Waals surface area contributed by atoms with Crippen molar-refractivity contribution >= 4 is 16.7 Å². The molecule has 1 aliphatic heterocycles. The van der Waals surface area contributed by atoms with Gasteiger partial charge < -0.3 is 19.1 Å². The SMILES string of the molecule is CCCC[N+]1(Cc2ncc(OC(F)(F)F)[nH]2)CCN(C(=O)c2cccc3ccccc23)CC1. The van der Waals surface area contributed by atoms with Gasteiger partial charge in [0.25, 0.3) is 5.91 Å². The summed E-state index contributed by atoms with van der Waals surface area (Å²) in [7, 11) is 0. The lowest BCUT2D eigenvalue weighted by molar-refractivity contribution is -0.944. The van der Waals surface area contributed by atoms with Crippen molar-refractivity contribution in [3.05, 3.63) is 60.0 Å². The first kappa shape index (κ1) is 23.1. The molecule has 2 heterocycles. The van der Waals surface area contributed by atoms with Crippen LogP contribution in [0.4, 0.5) is 13.2 Å². The molecular formula is C24H28F3N4O2+. The lowest BCUT2D eigenvalue weighted by Crippen LogP contribution is -2.60. The van der Waals surface area contributed by atoms with E-state index in [2.05, 4.69) is 21.6 Å². The van der Waals surface area contributed by atoms with Crippen LogP contribution in [0.25, 0.3) is 10.8 Å². The molecule has 9 heteroatoms. The minimum absolute atomic E-state index is 0.0129. The monoisotopic (exact) mass is 461 g/mol. The minimum Gasteiger partial charge on any atom is -0.388 e.